The lowest BCUT2D eigenvalue weighted by molar-refractivity contribution is 0.278. The van der Waals surface area contributed by atoms with Crippen LogP contribution in [0, 0.1) is 24.2 Å². The molecular weight excluding hydrogens is 588 g/mol. The summed E-state index contributed by atoms with van der Waals surface area (Å²) in [4.78, 5) is 3.43. The fourth-order valence-corrected chi connectivity index (χ4v) is 6.03. The van der Waals surface area contributed by atoms with E-state index < -0.39 is 10.8 Å². The standard InChI is InChI=1S/C21H29NOS.C10H10FN.C8H16.C2H6/c1-4-15-22(16-5-2)17-14-18-6-8-19(9-7-18)20-10-12-21(13-11-20)24(3)23;1-3-12-8(2)9-4-6-10(11)7-5-9;1-2-8-6-4-3-5-7-8;1-2/h6-13H,4-5,14-17H2,1-3H3;1,4-8,12H,2H3;8H,2-7H2,1H3;1-2H3/t;8-;;/m.1../s1. The Morgan fingerprint density at radius 2 is 1.37 bits per heavy atom. The predicted octanol–water partition coefficient (Wildman–Crippen LogP) is 10.8. The van der Waals surface area contributed by atoms with Gasteiger partial charge in [-0.1, -0.05) is 128 Å². The minimum absolute atomic E-state index is 0.0654. The first-order valence-corrected chi connectivity index (χ1v) is 19.1. The lowest BCUT2D eigenvalue weighted by Crippen LogP contribution is -2.27. The molecule has 0 heterocycles. The Labute approximate surface area is 284 Å². The van der Waals surface area contributed by atoms with Crippen molar-refractivity contribution in [2.24, 2.45) is 5.92 Å². The van der Waals surface area contributed by atoms with Crippen LogP contribution < -0.4 is 5.32 Å². The summed E-state index contributed by atoms with van der Waals surface area (Å²) in [6.07, 6.45) is 19.2. The molecule has 3 nitrogen and oxygen atoms in total. The van der Waals surface area contributed by atoms with Crippen LogP contribution in [0.25, 0.3) is 11.1 Å². The average Bonchev–Trinajstić information content (AvgIpc) is 3.10. The van der Waals surface area contributed by atoms with Crippen LogP contribution in [0.15, 0.2) is 77.7 Å². The second-order valence-electron chi connectivity index (χ2n) is 11.7. The molecule has 5 heteroatoms. The molecule has 1 fully saturated rings. The van der Waals surface area contributed by atoms with Gasteiger partial charge in [-0.3, -0.25) is 4.21 Å². The van der Waals surface area contributed by atoms with Crippen molar-refractivity contribution in [2.75, 3.05) is 25.9 Å². The average molecular weight is 649 g/mol. The van der Waals surface area contributed by atoms with E-state index in [2.05, 4.69) is 73.4 Å². The van der Waals surface area contributed by atoms with Crippen molar-refractivity contribution in [1.82, 2.24) is 10.2 Å². The zero-order chi connectivity index (χ0) is 34.2. The molecule has 0 saturated heterocycles. The van der Waals surface area contributed by atoms with Crippen LogP contribution >= 0.6 is 0 Å². The summed E-state index contributed by atoms with van der Waals surface area (Å²) in [5.74, 6) is 0.857. The summed E-state index contributed by atoms with van der Waals surface area (Å²) >= 11 is 0. The van der Waals surface area contributed by atoms with E-state index in [4.69, 9.17) is 6.42 Å². The first kappa shape index (κ1) is 41.1. The highest BCUT2D eigenvalue weighted by molar-refractivity contribution is 7.84. The fraction of sp³-hybridized carbons (Fsp3) is 0.512. The van der Waals surface area contributed by atoms with Gasteiger partial charge in [-0.15, -0.1) is 0 Å². The third-order valence-electron chi connectivity index (χ3n) is 8.24. The van der Waals surface area contributed by atoms with Gasteiger partial charge in [0.1, 0.15) is 5.82 Å². The maximum atomic E-state index is 12.5. The molecule has 1 unspecified atom stereocenters. The monoisotopic (exact) mass is 648 g/mol. The van der Waals surface area contributed by atoms with E-state index in [0.29, 0.717) is 0 Å². The molecular formula is C41H61FN2OS. The van der Waals surface area contributed by atoms with Crippen LogP contribution in [0.1, 0.15) is 110 Å². The number of nitrogens with zero attached hydrogens (tertiary/aromatic N) is 1. The van der Waals surface area contributed by atoms with Crippen molar-refractivity contribution >= 4 is 10.8 Å². The van der Waals surface area contributed by atoms with Crippen molar-refractivity contribution in [3.8, 4) is 23.6 Å². The number of hydrogen-bond acceptors (Lipinski definition) is 3. The number of nitrogens with one attached hydrogen (secondary N) is 1. The molecule has 1 saturated carbocycles. The Kier molecular flexibility index (Phi) is 22.5. The molecule has 0 radical (unpaired) electrons. The molecule has 46 heavy (non-hydrogen) atoms. The van der Waals surface area contributed by atoms with Crippen LogP contribution in [0.2, 0.25) is 0 Å². The summed E-state index contributed by atoms with van der Waals surface area (Å²) < 4.78 is 23.9. The molecule has 0 aliphatic heterocycles. The normalized spacial score (nSPS) is 13.8. The van der Waals surface area contributed by atoms with Gasteiger partial charge in [0.2, 0.25) is 0 Å². The van der Waals surface area contributed by atoms with E-state index in [9.17, 15) is 8.60 Å². The topological polar surface area (TPSA) is 32.3 Å². The second-order valence-corrected chi connectivity index (χ2v) is 13.1. The van der Waals surface area contributed by atoms with Crippen LogP contribution in [0.5, 0.6) is 0 Å². The molecule has 4 rings (SSSR count). The van der Waals surface area contributed by atoms with Gasteiger partial charge in [0.15, 0.2) is 0 Å². The molecule has 0 bridgehead atoms. The van der Waals surface area contributed by atoms with Gasteiger partial charge >= 0.3 is 0 Å². The third kappa shape index (κ3) is 16.6. The Morgan fingerprint density at radius 1 is 0.848 bits per heavy atom. The Bertz CT molecular complexity index is 1220. The van der Waals surface area contributed by atoms with E-state index in [1.54, 1.807) is 18.4 Å². The maximum absolute atomic E-state index is 12.5. The highest BCUT2D eigenvalue weighted by Crippen LogP contribution is 2.25. The molecule has 3 aromatic carbocycles. The predicted molar refractivity (Wildman–Crippen MR) is 200 cm³/mol. The minimum Gasteiger partial charge on any atom is -0.339 e. The molecule has 1 aliphatic carbocycles. The molecule has 0 amide bonds. The van der Waals surface area contributed by atoms with Crippen LogP contribution in [-0.2, 0) is 17.2 Å². The van der Waals surface area contributed by atoms with Gasteiger partial charge < -0.3 is 10.2 Å². The number of rotatable bonds is 12. The summed E-state index contributed by atoms with van der Waals surface area (Å²) in [6.45, 7) is 16.3. The maximum Gasteiger partial charge on any atom is 0.123 e. The summed E-state index contributed by atoms with van der Waals surface area (Å²) in [5.41, 5.74) is 4.76. The molecule has 1 aliphatic rings. The Hall–Kier alpha value is -2.94. The van der Waals surface area contributed by atoms with Gasteiger partial charge in [0, 0.05) is 34.5 Å². The van der Waals surface area contributed by atoms with Crippen molar-refractivity contribution in [3.05, 3.63) is 89.7 Å². The van der Waals surface area contributed by atoms with Crippen LogP contribution in [-0.4, -0.2) is 35.0 Å². The number of benzene rings is 3. The lowest BCUT2D eigenvalue weighted by Gasteiger charge is -2.20. The molecule has 254 valence electrons. The fourth-order valence-electron chi connectivity index (χ4n) is 5.51. The summed E-state index contributed by atoms with van der Waals surface area (Å²) in [5, 5.41) is 2.79. The smallest absolute Gasteiger partial charge is 0.123 e. The summed E-state index contributed by atoms with van der Waals surface area (Å²) in [7, 11) is -0.913. The molecule has 0 spiro atoms. The van der Waals surface area contributed by atoms with Gasteiger partial charge in [-0.2, -0.15) is 0 Å². The van der Waals surface area contributed by atoms with E-state index in [0.717, 1.165) is 29.3 Å². The van der Waals surface area contributed by atoms with E-state index in [1.165, 1.54) is 93.3 Å². The number of halogens is 1. The van der Waals surface area contributed by atoms with Crippen molar-refractivity contribution in [2.45, 2.75) is 110 Å². The molecule has 2 atom stereocenters. The third-order valence-corrected chi connectivity index (χ3v) is 9.18. The van der Waals surface area contributed by atoms with E-state index in [-0.39, 0.29) is 11.9 Å². The first-order chi connectivity index (χ1) is 22.3. The van der Waals surface area contributed by atoms with Gasteiger partial charge in [0.05, 0.1) is 6.04 Å². The van der Waals surface area contributed by atoms with Crippen LogP contribution in [0.3, 0.4) is 0 Å². The van der Waals surface area contributed by atoms with Crippen LogP contribution in [0.4, 0.5) is 4.39 Å². The van der Waals surface area contributed by atoms with Crippen molar-refractivity contribution in [3.63, 3.8) is 0 Å². The molecule has 0 aromatic heterocycles. The minimum atomic E-state index is -0.913. The number of terminal acetylenes is 1. The second kappa shape index (κ2) is 25.2. The van der Waals surface area contributed by atoms with Gasteiger partial charge in [-0.05, 0) is 91.7 Å². The number of hydrogen-bond donors (Lipinski definition) is 1. The highest BCUT2D eigenvalue weighted by atomic mass is 32.2. The van der Waals surface area contributed by atoms with Crippen molar-refractivity contribution < 1.29 is 8.60 Å². The Balaban J connectivity index is 0.000000396. The van der Waals surface area contributed by atoms with E-state index in [1.807, 2.05) is 32.9 Å². The van der Waals surface area contributed by atoms with E-state index >= 15 is 0 Å². The SMILES string of the molecule is C#CN[C@H](C)c1ccc(F)cc1.CC.CCC1CCCCC1.CCCN(CCC)CCc1ccc(-c2ccc(S(C)=O)cc2)cc1. The highest BCUT2D eigenvalue weighted by Gasteiger charge is 2.10. The zero-order valence-corrected chi connectivity index (χ0v) is 30.6. The quantitative estimate of drug-likeness (QED) is 0.157. The molecule has 1 N–H and O–H groups in total. The van der Waals surface area contributed by atoms with Crippen molar-refractivity contribution in [1.29, 1.82) is 0 Å². The largest absolute Gasteiger partial charge is 0.339 e. The lowest BCUT2D eigenvalue weighted by atomic mass is 9.88. The first-order valence-electron chi connectivity index (χ1n) is 17.5. The van der Waals surface area contributed by atoms with Gasteiger partial charge in [0.25, 0.3) is 0 Å². The molecule has 3 aromatic rings. The summed E-state index contributed by atoms with van der Waals surface area (Å²) in [6, 6.07) is 25.5. The Morgan fingerprint density at radius 3 is 1.80 bits per heavy atom. The van der Waals surface area contributed by atoms with Gasteiger partial charge in [-0.25, -0.2) is 4.39 Å². The zero-order valence-electron chi connectivity index (χ0n) is 29.8.